The van der Waals surface area contributed by atoms with Crippen LogP contribution >= 0.6 is 0 Å². The zero-order chi connectivity index (χ0) is 25.5. The first-order chi connectivity index (χ1) is 17.4. The van der Waals surface area contributed by atoms with Crippen LogP contribution in [-0.4, -0.2) is 27.2 Å². The lowest BCUT2D eigenvalue weighted by Crippen LogP contribution is -2.35. The lowest BCUT2D eigenvalue weighted by molar-refractivity contribution is -0.118. The maximum Gasteiger partial charge on any atom is 0.333 e. The molecule has 0 radical (unpaired) electrons. The fourth-order valence-corrected chi connectivity index (χ4v) is 3.74. The predicted octanol–water partition coefficient (Wildman–Crippen LogP) is 5.28. The molecule has 0 saturated heterocycles. The second kappa shape index (κ2) is 11.3. The molecule has 2 aromatic heterocycles. The number of benzene rings is 2. The number of amides is 1. The fraction of sp³-hybridized carbons (Fsp3) is 0.185. The van der Waals surface area contributed by atoms with Gasteiger partial charge in [-0.05, 0) is 41.3 Å². The average molecular weight is 487 g/mol. The van der Waals surface area contributed by atoms with Crippen molar-refractivity contribution in [1.82, 2.24) is 20.1 Å². The van der Waals surface area contributed by atoms with E-state index in [1.165, 1.54) is 18.6 Å². The van der Waals surface area contributed by atoms with Crippen molar-refractivity contribution in [2.24, 2.45) is 0 Å². The quantitative estimate of drug-likeness (QED) is 0.335. The van der Waals surface area contributed by atoms with Crippen LogP contribution < -0.4 is 10.6 Å². The molecule has 0 fully saturated rings. The first-order valence-electron chi connectivity index (χ1n) is 11.3. The van der Waals surface area contributed by atoms with Crippen LogP contribution in [0.4, 0.5) is 14.6 Å². The Morgan fingerprint density at radius 2 is 1.75 bits per heavy atom. The van der Waals surface area contributed by atoms with Gasteiger partial charge in [-0.3, -0.25) is 4.79 Å². The van der Waals surface area contributed by atoms with Crippen molar-refractivity contribution in [3.63, 3.8) is 0 Å². The lowest BCUT2D eigenvalue weighted by atomic mass is 9.98. The van der Waals surface area contributed by atoms with E-state index in [1.54, 1.807) is 24.3 Å². The number of carbonyl (C=O) groups excluding carboxylic acids is 1. The Bertz CT molecular complexity index is 1330. The molecule has 0 aliphatic rings. The van der Waals surface area contributed by atoms with Gasteiger partial charge < -0.3 is 10.6 Å². The summed E-state index contributed by atoms with van der Waals surface area (Å²) in [4.78, 5) is 17.5. The number of nitrogens with zero attached hydrogens (tertiary/aromatic N) is 4. The Balaban J connectivity index is 1.45. The van der Waals surface area contributed by atoms with E-state index < -0.39 is 12.6 Å². The van der Waals surface area contributed by atoms with Crippen LogP contribution in [0.3, 0.4) is 0 Å². The third-order valence-corrected chi connectivity index (χ3v) is 5.78. The number of nitriles is 1. The number of alkyl halides is 2. The predicted molar refractivity (Wildman–Crippen MR) is 132 cm³/mol. The standard InChI is InChI=1S/C27H24F2N6O/c1-18(20-9-7-19(13-30)8-10-20)14-32-25(21-5-3-2-4-6-21)26(36)34-24-12-11-22(15-31-24)23-16-33-35(17-23)27(28)29/h2-12,15-18,25,27,32H,14H2,1H3,(H,31,34,36)/t18-,25-/m0/s1. The second-order valence-electron chi connectivity index (χ2n) is 8.29. The third-order valence-electron chi connectivity index (χ3n) is 5.78. The fourth-order valence-electron chi connectivity index (χ4n) is 3.74. The molecule has 0 bridgehead atoms. The molecule has 2 heterocycles. The summed E-state index contributed by atoms with van der Waals surface area (Å²) >= 11 is 0. The molecule has 2 atom stereocenters. The molecule has 2 N–H and O–H groups in total. The Morgan fingerprint density at radius 3 is 2.36 bits per heavy atom. The van der Waals surface area contributed by atoms with Gasteiger partial charge in [-0.1, -0.05) is 49.4 Å². The third kappa shape index (κ3) is 5.98. The number of halogens is 2. The highest BCUT2D eigenvalue weighted by atomic mass is 19.3. The topological polar surface area (TPSA) is 95.6 Å². The molecule has 2 aromatic carbocycles. The summed E-state index contributed by atoms with van der Waals surface area (Å²) in [7, 11) is 0. The minimum Gasteiger partial charge on any atom is -0.309 e. The van der Waals surface area contributed by atoms with E-state index in [4.69, 9.17) is 5.26 Å². The van der Waals surface area contributed by atoms with Gasteiger partial charge in [0.05, 0.1) is 17.8 Å². The van der Waals surface area contributed by atoms with Gasteiger partial charge in [-0.25, -0.2) is 9.67 Å². The van der Waals surface area contributed by atoms with Gasteiger partial charge in [0.2, 0.25) is 5.91 Å². The number of anilines is 1. The van der Waals surface area contributed by atoms with E-state index in [-0.39, 0.29) is 11.8 Å². The number of nitrogens with one attached hydrogen (secondary N) is 2. The summed E-state index contributed by atoms with van der Waals surface area (Å²) in [5.74, 6) is 0.162. The molecule has 0 saturated carbocycles. The van der Waals surface area contributed by atoms with Crippen molar-refractivity contribution < 1.29 is 13.6 Å². The Morgan fingerprint density at radius 1 is 1.00 bits per heavy atom. The van der Waals surface area contributed by atoms with Crippen molar-refractivity contribution in [3.8, 4) is 17.2 Å². The Kier molecular flexibility index (Phi) is 7.78. The van der Waals surface area contributed by atoms with E-state index >= 15 is 0 Å². The molecule has 9 heteroatoms. The summed E-state index contributed by atoms with van der Waals surface area (Å²) in [6.07, 6.45) is 4.08. The van der Waals surface area contributed by atoms with Gasteiger partial charge >= 0.3 is 6.55 Å². The highest BCUT2D eigenvalue weighted by Gasteiger charge is 2.22. The first-order valence-corrected chi connectivity index (χ1v) is 11.3. The maximum absolute atomic E-state index is 13.2. The molecular formula is C27H24F2N6O. The van der Waals surface area contributed by atoms with Crippen LogP contribution in [0.5, 0.6) is 0 Å². The van der Waals surface area contributed by atoms with Crippen LogP contribution in [0.1, 0.15) is 42.1 Å². The van der Waals surface area contributed by atoms with Crippen LogP contribution in [0.15, 0.2) is 85.3 Å². The lowest BCUT2D eigenvalue weighted by Gasteiger charge is -2.21. The zero-order valence-electron chi connectivity index (χ0n) is 19.5. The van der Waals surface area contributed by atoms with Crippen molar-refractivity contribution in [1.29, 1.82) is 5.26 Å². The van der Waals surface area contributed by atoms with Gasteiger partial charge in [0, 0.05) is 30.1 Å². The Hall–Kier alpha value is -4.42. The van der Waals surface area contributed by atoms with Gasteiger partial charge in [0.25, 0.3) is 0 Å². The number of hydrogen-bond donors (Lipinski definition) is 2. The zero-order valence-corrected chi connectivity index (χ0v) is 19.5. The molecule has 0 unspecified atom stereocenters. The molecule has 0 aliphatic carbocycles. The highest BCUT2D eigenvalue weighted by molar-refractivity contribution is 5.95. The number of pyridine rings is 1. The van der Waals surface area contributed by atoms with E-state index in [1.807, 2.05) is 49.4 Å². The minimum atomic E-state index is -2.72. The summed E-state index contributed by atoms with van der Waals surface area (Å²) in [6, 6.07) is 21.6. The molecular weight excluding hydrogens is 462 g/mol. The number of aromatic nitrogens is 3. The van der Waals surface area contributed by atoms with E-state index in [0.29, 0.717) is 33.7 Å². The summed E-state index contributed by atoms with van der Waals surface area (Å²) < 4.78 is 26.1. The van der Waals surface area contributed by atoms with Crippen molar-refractivity contribution in [2.45, 2.75) is 25.4 Å². The van der Waals surface area contributed by atoms with Crippen LogP contribution in [0, 0.1) is 11.3 Å². The van der Waals surface area contributed by atoms with E-state index in [0.717, 1.165) is 11.1 Å². The molecule has 4 rings (SSSR count). The Labute approximate surface area is 207 Å². The normalized spacial score (nSPS) is 12.6. The van der Waals surface area contributed by atoms with Gasteiger partial charge in [0.15, 0.2) is 0 Å². The average Bonchev–Trinajstić information content (AvgIpc) is 3.41. The molecule has 36 heavy (non-hydrogen) atoms. The number of hydrogen-bond acceptors (Lipinski definition) is 5. The molecule has 0 spiro atoms. The van der Waals surface area contributed by atoms with Crippen LogP contribution in [0.2, 0.25) is 0 Å². The number of carbonyl (C=O) groups is 1. The largest absolute Gasteiger partial charge is 0.333 e. The van der Waals surface area contributed by atoms with E-state index in [2.05, 4.69) is 26.8 Å². The molecule has 7 nitrogen and oxygen atoms in total. The van der Waals surface area contributed by atoms with Gasteiger partial charge in [-0.15, -0.1) is 0 Å². The molecule has 1 amide bonds. The molecule has 4 aromatic rings. The SMILES string of the molecule is C[C@@H](CN[C@H](C(=O)Nc1ccc(-c2cnn(C(F)F)c2)cn1)c1ccccc1)c1ccc(C#N)cc1. The van der Waals surface area contributed by atoms with Gasteiger partial charge in [-0.2, -0.15) is 19.1 Å². The van der Waals surface area contributed by atoms with Gasteiger partial charge in [0.1, 0.15) is 11.9 Å². The first kappa shape index (κ1) is 24.7. The minimum absolute atomic E-state index is 0.100. The highest BCUT2D eigenvalue weighted by Crippen LogP contribution is 2.23. The van der Waals surface area contributed by atoms with Crippen molar-refractivity contribution >= 4 is 11.7 Å². The summed E-state index contributed by atoms with van der Waals surface area (Å²) in [6.45, 7) is -0.142. The van der Waals surface area contributed by atoms with Crippen molar-refractivity contribution in [2.75, 3.05) is 11.9 Å². The molecule has 0 aliphatic heterocycles. The van der Waals surface area contributed by atoms with Crippen molar-refractivity contribution in [3.05, 3.63) is 102 Å². The monoisotopic (exact) mass is 486 g/mol. The smallest absolute Gasteiger partial charge is 0.309 e. The van der Waals surface area contributed by atoms with E-state index in [9.17, 15) is 13.6 Å². The maximum atomic E-state index is 13.2. The number of rotatable bonds is 9. The molecule has 182 valence electrons. The van der Waals surface area contributed by atoms with Crippen LogP contribution in [0.25, 0.3) is 11.1 Å². The van der Waals surface area contributed by atoms with Crippen LogP contribution in [-0.2, 0) is 4.79 Å². The summed E-state index contributed by atoms with van der Waals surface area (Å²) in [5, 5.41) is 18.8. The second-order valence-corrected chi connectivity index (χ2v) is 8.29. The summed E-state index contributed by atoms with van der Waals surface area (Å²) in [5.41, 5.74) is 3.57.